The number of nitrogens with one attached hydrogen (secondary N) is 2. The minimum atomic E-state index is -1.20. The lowest BCUT2D eigenvalue weighted by atomic mass is 10.1. The van der Waals surface area contributed by atoms with Gasteiger partial charge in [0.05, 0.1) is 17.6 Å². The normalized spacial score (nSPS) is 11.3. The van der Waals surface area contributed by atoms with Crippen LogP contribution >= 0.6 is 0 Å². The van der Waals surface area contributed by atoms with Crippen LogP contribution < -0.4 is 10.6 Å². The van der Waals surface area contributed by atoms with Crippen LogP contribution in [0.4, 0.5) is 15.9 Å². The van der Waals surface area contributed by atoms with Crippen LogP contribution in [-0.4, -0.2) is 39.2 Å². The second-order valence-electron chi connectivity index (χ2n) is 7.20. The lowest BCUT2D eigenvalue weighted by Gasteiger charge is -2.15. The SMILES string of the molecule is CNc1cc(-c2nccc(-c3cc(NCCC(C)(C)F)cnc3C)n2)ccn1. The van der Waals surface area contributed by atoms with Crippen LogP contribution in [0.25, 0.3) is 22.6 Å². The molecule has 0 radical (unpaired) electrons. The van der Waals surface area contributed by atoms with Crippen LogP contribution in [0.2, 0.25) is 0 Å². The number of rotatable bonds is 7. The van der Waals surface area contributed by atoms with Crippen molar-refractivity contribution < 1.29 is 4.39 Å². The number of alkyl halides is 1. The number of pyridine rings is 2. The molecule has 3 rings (SSSR count). The highest BCUT2D eigenvalue weighted by Crippen LogP contribution is 2.26. The highest BCUT2D eigenvalue weighted by molar-refractivity contribution is 5.69. The minimum absolute atomic E-state index is 0.420. The van der Waals surface area contributed by atoms with Crippen LogP contribution in [0, 0.1) is 6.92 Å². The lowest BCUT2D eigenvalue weighted by molar-refractivity contribution is 0.207. The predicted molar refractivity (Wildman–Crippen MR) is 111 cm³/mol. The molecule has 6 nitrogen and oxygen atoms in total. The third-order valence-corrected chi connectivity index (χ3v) is 4.34. The van der Waals surface area contributed by atoms with E-state index in [-0.39, 0.29) is 0 Å². The molecule has 0 unspecified atom stereocenters. The fraction of sp³-hybridized carbons (Fsp3) is 0.333. The molecule has 0 saturated carbocycles. The molecular weight excluding hydrogens is 355 g/mol. The Balaban J connectivity index is 1.87. The molecule has 3 aromatic heterocycles. The molecule has 0 amide bonds. The van der Waals surface area contributed by atoms with Gasteiger partial charge in [-0.2, -0.15) is 0 Å². The third-order valence-electron chi connectivity index (χ3n) is 4.34. The molecule has 2 N–H and O–H groups in total. The van der Waals surface area contributed by atoms with Gasteiger partial charge < -0.3 is 10.6 Å². The quantitative estimate of drug-likeness (QED) is 0.628. The third kappa shape index (κ3) is 5.00. The average Bonchev–Trinajstić information content (AvgIpc) is 2.68. The molecule has 0 aliphatic heterocycles. The standard InChI is InChI=1S/C21H25FN6/c1-14-17(12-16(13-27-14)24-10-7-21(2,3)22)18-6-9-26-20(28-18)15-5-8-25-19(11-15)23-4/h5-6,8-9,11-13,24H,7,10H2,1-4H3,(H,23,25). The number of anilines is 2. The van der Waals surface area contributed by atoms with Crippen LogP contribution in [0.15, 0.2) is 42.9 Å². The maximum Gasteiger partial charge on any atom is 0.159 e. The van der Waals surface area contributed by atoms with E-state index in [1.807, 2.05) is 38.2 Å². The van der Waals surface area contributed by atoms with E-state index in [1.165, 1.54) is 0 Å². The molecule has 0 atom stereocenters. The van der Waals surface area contributed by atoms with Crippen LogP contribution in [-0.2, 0) is 0 Å². The maximum absolute atomic E-state index is 13.7. The summed E-state index contributed by atoms with van der Waals surface area (Å²) in [6, 6.07) is 7.63. The molecule has 146 valence electrons. The molecule has 0 aromatic carbocycles. The molecule has 28 heavy (non-hydrogen) atoms. The molecule has 0 bridgehead atoms. The topological polar surface area (TPSA) is 75.6 Å². The maximum atomic E-state index is 13.7. The summed E-state index contributed by atoms with van der Waals surface area (Å²) in [7, 11) is 1.82. The summed E-state index contributed by atoms with van der Waals surface area (Å²) >= 11 is 0. The minimum Gasteiger partial charge on any atom is -0.384 e. The first-order chi connectivity index (χ1) is 13.4. The van der Waals surface area contributed by atoms with Gasteiger partial charge in [0.15, 0.2) is 5.82 Å². The van der Waals surface area contributed by atoms with Crippen molar-refractivity contribution in [1.29, 1.82) is 0 Å². The molecular formula is C21H25FN6. The van der Waals surface area contributed by atoms with Crippen molar-refractivity contribution in [3.05, 3.63) is 48.5 Å². The van der Waals surface area contributed by atoms with Gasteiger partial charge in [-0.15, -0.1) is 0 Å². The molecule has 0 spiro atoms. The second kappa shape index (κ2) is 8.29. The van der Waals surface area contributed by atoms with E-state index in [2.05, 4.69) is 25.6 Å². The predicted octanol–water partition coefficient (Wildman–Crippen LogP) is 4.50. The molecule has 0 aliphatic carbocycles. The van der Waals surface area contributed by atoms with E-state index in [0.29, 0.717) is 18.8 Å². The largest absolute Gasteiger partial charge is 0.384 e. The van der Waals surface area contributed by atoms with E-state index in [4.69, 9.17) is 4.98 Å². The monoisotopic (exact) mass is 380 g/mol. The van der Waals surface area contributed by atoms with Crippen molar-refractivity contribution in [3.8, 4) is 22.6 Å². The van der Waals surface area contributed by atoms with Gasteiger partial charge in [-0.05, 0) is 51.5 Å². The summed E-state index contributed by atoms with van der Waals surface area (Å²) in [4.78, 5) is 17.8. The van der Waals surface area contributed by atoms with Crippen LogP contribution in [0.3, 0.4) is 0 Å². The molecule has 0 fully saturated rings. The Hall–Kier alpha value is -3.09. The van der Waals surface area contributed by atoms with Gasteiger partial charge in [0.25, 0.3) is 0 Å². The summed E-state index contributed by atoms with van der Waals surface area (Å²) < 4.78 is 13.7. The van der Waals surface area contributed by atoms with Gasteiger partial charge in [-0.3, -0.25) is 4.98 Å². The summed E-state index contributed by atoms with van der Waals surface area (Å²) in [5.41, 5.74) is 3.08. The van der Waals surface area contributed by atoms with Gasteiger partial charge in [0.2, 0.25) is 0 Å². The molecule has 3 heterocycles. The highest BCUT2D eigenvalue weighted by Gasteiger charge is 2.15. The van der Waals surface area contributed by atoms with Crippen LogP contribution in [0.1, 0.15) is 26.0 Å². The number of aromatic nitrogens is 4. The Morgan fingerprint density at radius 1 is 1.07 bits per heavy atom. The summed E-state index contributed by atoms with van der Waals surface area (Å²) in [6.45, 7) is 5.63. The van der Waals surface area contributed by atoms with E-state index in [0.717, 1.165) is 34.0 Å². The van der Waals surface area contributed by atoms with Crippen molar-refractivity contribution >= 4 is 11.5 Å². The van der Waals surface area contributed by atoms with E-state index < -0.39 is 5.67 Å². The number of aryl methyl sites for hydroxylation is 1. The van der Waals surface area contributed by atoms with Gasteiger partial charge in [-0.1, -0.05) is 0 Å². The van der Waals surface area contributed by atoms with E-state index in [1.54, 1.807) is 32.4 Å². The van der Waals surface area contributed by atoms with Gasteiger partial charge in [0, 0.05) is 42.8 Å². The summed E-state index contributed by atoms with van der Waals surface area (Å²) in [5.74, 6) is 1.37. The van der Waals surface area contributed by atoms with E-state index >= 15 is 0 Å². The van der Waals surface area contributed by atoms with Crippen molar-refractivity contribution in [3.63, 3.8) is 0 Å². The Bertz CT molecular complexity index is 952. The molecule has 0 saturated heterocycles. The average molecular weight is 380 g/mol. The van der Waals surface area contributed by atoms with Crippen molar-refractivity contribution in [2.24, 2.45) is 0 Å². The first-order valence-electron chi connectivity index (χ1n) is 9.23. The second-order valence-corrected chi connectivity index (χ2v) is 7.20. The van der Waals surface area contributed by atoms with Gasteiger partial charge in [0.1, 0.15) is 11.5 Å². The first-order valence-corrected chi connectivity index (χ1v) is 9.23. The Kier molecular flexibility index (Phi) is 5.82. The summed E-state index contributed by atoms with van der Waals surface area (Å²) in [5, 5.41) is 6.26. The van der Waals surface area contributed by atoms with Crippen molar-refractivity contribution in [2.75, 3.05) is 24.2 Å². The number of hydrogen-bond donors (Lipinski definition) is 2. The number of hydrogen-bond acceptors (Lipinski definition) is 6. The summed E-state index contributed by atoms with van der Waals surface area (Å²) in [6.07, 6.45) is 5.64. The van der Waals surface area contributed by atoms with Crippen molar-refractivity contribution in [2.45, 2.75) is 32.9 Å². The zero-order valence-electron chi connectivity index (χ0n) is 16.6. The highest BCUT2D eigenvalue weighted by atomic mass is 19.1. The van der Waals surface area contributed by atoms with Crippen LogP contribution in [0.5, 0.6) is 0 Å². The zero-order chi connectivity index (χ0) is 20.1. The fourth-order valence-electron chi connectivity index (χ4n) is 2.75. The number of nitrogens with zero attached hydrogens (tertiary/aromatic N) is 4. The molecule has 3 aromatic rings. The fourth-order valence-corrected chi connectivity index (χ4v) is 2.75. The first kappa shape index (κ1) is 19.7. The Labute approximate surface area is 164 Å². The Morgan fingerprint density at radius 3 is 2.61 bits per heavy atom. The zero-order valence-corrected chi connectivity index (χ0v) is 16.6. The molecule has 7 heteroatoms. The van der Waals surface area contributed by atoms with E-state index in [9.17, 15) is 4.39 Å². The van der Waals surface area contributed by atoms with Gasteiger partial charge >= 0.3 is 0 Å². The number of halogens is 1. The lowest BCUT2D eigenvalue weighted by Crippen LogP contribution is -2.17. The van der Waals surface area contributed by atoms with Gasteiger partial charge in [-0.25, -0.2) is 19.3 Å². The molecule has 0 aliphatic rings. The Morgan fingerprint density at radius 2 is 1.86 bits per heavy atom. The smallest absolute Gasteiger partial charge is 0.159 e. The van der Waals surface area contributed by atoms with Crippen molar-refractivity contribution in [1.82, 2.24) is 19.9 Å².